The second-order valence-electron chi connectivity index (χ2n) is 3.83. The molecule has 0 bridgehead atoms. The van der Waals surface area contributed by atoms with Crippen LogP contribution in [0.2, 0.25) is 0 Å². The van der Waals surface area contributed by atoms with Crippen LogP contribution >= 0.6 is 23.1 Å². The molecule has 0 saturated carbocycles. The maximum Gasteiger partial charge on any atom is 0.236 e. The molecular formula is C12H13N5O2S2. The average Bonchev–Trinajstić information content (AvgIpc) is 2.99. The number of carbonyl (C=O) groups is 2. The van der Waals surface area contributed by atoms with Crippen LogP contribution in [0.25, 0.3) is 0 Å². The van der Waals surface area contributed by atoms with Gasteiger partial charge in [-0.1, -0.05) is 18.7 Å². The van der Waals surface area contributed by atoms with E-state index in [1.54, 1.807) is 30.6 Å². The van der Waals surface area contributed by atoms with Crippen LogP contribution in [-0.4, -0.2) is 32.7 Å². The molecule has 2 aromatic heterocycles. The lowest BCUT2D eigenvalue weighted by Gasteiger charge is -2.03. The van der Waals surface area contributed by atoms with Gasteiger partial charge in [0.15, 0.2) is 10.9 Å². The summed E-state index contributed by atoms with van der Waals surface area (Å²) in [6.07, 6.45) is 2.01. The normalized spacial score (nSPS) is 10.1. The number of amides is 2. The summed E-state index contributed by atoms with van der Waals surface area (Å²) in [5, 5.41) is 16.1. The summed E-state index contributed by atoms with van der Waals surface area (Å²) in [5.74, 6) is 0.348. The second kappa shape index (κ2) is 7.70. The molecule has 0 aromatic carbocycles. The summed E-state index contributed by atoms with van der Waals surface area (Å²) < 4.78 is 0. The first-order valence-electron chi connectivity index (χ1n) is 6.13. The quantitative estimate of drug-likeness (QED) is 0.789. The summed E-state index contributed by atoms with van der Waals surface area (Å²) in [7, 11) is 0. The van der Waals surface area contributed by atoms with E-state index in [0.717, 1.165) is 0 Å². The van der Waals surface area contributed by atoms with Crippen molar-refractivity contribution in [3.63, 3.8) is 0 Å². The molecule has 110 valence electrons. The van der Waals surface area contributed by atoms with Crippen molar-refractivity contribution in [2.75, 3.05) is 16.4 Å². The van der Waals surface area contributed by atoms with Gasteiger partial charge in [0.1, 0.15) is 5.03 Å². The molecule has 2 aromatic rings. The third kappa shape index (κ3) is 5.12. The van der Waals surface area contributed by atoms with Gasteiger partial charge in [0.05, 0.1) is 5.75 Å². The molecule has 0 spiro atoms. The molecule has 7 nitrogen and oxygen atoms in total. The molecule has 0 fully saturated rings. The van der Waals surface area contributed by atoms with Crippen molar-refractivity contribution in [2.45, 2.75) is 18.4 Å². The summed E-state index contributed by atoms with van der Waals surface area (Å²) in [6.45, 7) is 1.76. The van der Waals surface area contributed by atoms with E-state index in [4.69, 9.17) is 0 Å². The molecule has 2 N–H and O–H groups in total. The molecule has 2 heterocycles. The Balaban J connectivity index is 1.80. The third-order valence-electron chi connectivity index (χ3n) is 2.26. The summed E-state index contributed by atoms with van der Waals surface area (Å²) in [6, 6.07) is 3.36. The van der Waals surface area contributed by atoms with Crippen molar-refractivity contribution in [1.29, 1.82) is 0 Å². The number of carbonyl (C=O) groups excluding carboxylic acids is 2. The van der Waals surface area contributed by atoms with E-state index in [1.807, 2.05) is 0 Å². The Kier molecular flexibility index (Phi) is 5.64. The lowest BCUT2D eigenvalue weighted by Crippen LogP contribution is -2.14. The maximum atomic E-state index is 11.7. The largest absolute Gasteiger partial charge is 0.309 e. The van der Waals surface area contributed by atoms with Crippen LogP contribution in [-0.2, 0) is 9.59 Å². The third-order valence-corrected chi connectivity index (χ3v) is 3.87. The van der Waals surface area contributed by atoms with Crippen molar-refractivity contribution >= 4 is 45.9 Å². The minimum Gasteiger partial charge on any atom is -0.309 e. The fourth-order valence-corrected chi connectivity index (χ4v) is 2.43. The molecule has 0 atom stereocenters. The molecular weight excluding hydrogens is 310 g/mol. The highest BCUT2D eigenvalue weighted by molar-refractivity contribution is 7.99. The Hall–Kier alpha value is -2.00. The van der Waals surface area contributed by atoms with Gasteiger partial charge >= 0.3 is 0 Å². The van der Waals surface area contributed by atoms with Gasteiger partial charge in [-0.25, -0.2) is 4.98 Å². The lowest BCUT2D eigenvalue weighted by molar-refractivity contribution is -0.116. The Labute approximate surface area is 129 Å². The van der Waals surface area contributed by atoms with E-state index < -0.39 is 0 Å². The Morgan fingerprint density at radius 2 is 2.10 bits per heavy atom. The smallest absolute Gasteiger partial charge is 0.236 e. The zero-order valence-electron chi connectivity index (χ0n) is 11.2. The molecule has 2 amide bonds. The topological polar surface area (TPSA) is 96.9 Å². The summed E-state index contributed by atoms with van der Waals surface area (Å²) >= 11 is 2.62. The number of aromatic nitrogens is 3. The average molecular weight is 323 g/mol. The van der Waals surface area contributed by atoms with Gasteiger partial charge in [-0.2, -0.15) is 0 Å². The molecule has 0 unspecified atom stereocenters. The molecule has 9 heteroatoms. The molecule has 0 aliphatic carbocycles. The monoisotopic (exact) mass is 323 g/mol. The van der Waals surface area contributed by atoms with Crippen LogP contribution in [0.1, 0.15) is 13.3 Å². The number of anilines is 2. The molecule has 0 aliphatic heterocycles. The summed E-state index contributed by atoms with van der Waals surface area (Å²) in [5.41, 5.74) is 0. The van der Waals surface area contributed by atoms with Crippen LogP contribution in [0, 0.1) is 0 Å². The van der Waals surface area contributed by atoms with Crippen LogP contribution in [0.3, 0.4) is 0 Å². The van der Waals surface area contributed by atoms with Gasteiger partial charge in [0.25, 0.3) is 0 Å². The first kappa shape index (κ1) is 15.4. The number of hydrogen-bond donors (Lipinski definition) is 2. The second-order valence-corrected chi connectivity index (χ2v) is 5.72. The maximum absolute atomic E-state index is 11.7. The summed E-state index contributed by atoms with van der Waals surface area (Å²) in [4.78, 5) is 26.8. The fraction of sp³-hybridized carbons (Fsp3) is 0.250. The Morgan fingerprint density at radius 3 is 2.71 bits per heavy atom. The number of thiazole rings is 1. The van der Waals surface area contributed by atoms with Gasteiger partial charge in [-0.3, -0.25) is 9.59 Å². The molecule has 2 rings (SSSR count). The predicted octanol–water partition coefficient (Wildman–Crippen LogP) is 2.01. The van der Waals surface area contributed by atoms with Crippen molar-refractivity contribution < 1.29 is 9.59 Å². The predicted molar refractivity (Wildman–Crippen MR) is 82.4 cm³/mol. The molecule has 0 radical (unpaired) electrons. The van der Waals surface area contributed by atoms with Crippen LogP contribution in [0.15, 0.2) is 28.7 Å². The molecule has 0 aliphatic rings. The SMILES string of the molecule is CCC(=O)Nc1ccc(SCC(=O)Nc2nccs2)nn1. The van der Waals surface area contributed by atoms with E-state index in [0.29, 0.717) is 22.4 Å². The van der Waals surface area contributed by atoms with Crippen LogP contribution < -0.4 is 10.6 Å². The minimum absolute atomic E-state index is 0.118. The lowest BCUT2D eigenvalue weighted by atomic mass is 10.4. The van der Waals surface area contributed by atoms with Gasteiger partial charge in [0.2, 0.25) is 11.8 Å². The highest BCUT2D eigenvalue weighted by Gasteiger charge is 2.07. The number of thioether (sulfide) groups is 1. The van der Waals surface area contributed by atoms with E-state index >= 15 is 0 Å². The first-order valence-corrected chi connectivity index (χ1v) is 7.99. The van der Waals surface area contributed by atoms with Gasteiger partial charge in [-0.05, 0) is 12.1 Å². The standard InChI is InChI=1S/C12H13N5O2S2/c1-2-9(18)14-8-3-4-11(17-16-8)21-7-10(19)15-12-13-5-6-20-12/h3-6H,2,7H2,1H3,(H,13,15,19)(H,14,16,18). The minimum atomic E-state index is -0.153. The van der Waals surface area contributed by atoms with Gasteiger partial charge < -0.3 is 10.6 Å². The molecule has 0 saturated heterocycles. The zero-order valence-corrected chi connectivity index (χ0v) is 12.8. The van der Waals surface area contributed by atoms with Crippen molar-refractivity contribution in [3.8, 4) is 0 Å². The first-order chi connectivity index (χ1) is 10.2. The molecule has 21 heavy (non-hydrogen) atoms. The van der Waals surface area contributed by atoms with Crippen molar-refractivity contribution in [1.82, 2.24) is 15.2 Å². The van der Waals surface area contributed by atoms with E-state index in [1.165, 1.54) is 23.1 Å². The highest BCUT2D eigenvalue weighted by atomic mass is 32.2. The van der Waals surface area contributed by atoms with Gasteiger partial charge in [0, 0.05) is 18.0 Å². The van der Waals surface area contributed by atoms with Crippen LogP contribution in [0.5, 0.6) is 0 Å². The van der Waals surface area contributed by atoms with Gasteiger partial charge in [-0.15, -0.1) is 21.5 Å². The van der Waals surface area contributed by atoms with Crippen molar-refractivity contribution in [3.05, 3.63) is 23.7 Å². The number of nitrogens with one attached hydrogen (secondary N) is 2. The van der Waals surface area contributed by atoms with E-state index in [-0.39, 0.29) is 17.6 Å². The number of rotatable bonds is 6. The zero-order chi connectivity index (χ0) is 15.1. The van der Waals surface area contributed by atoms with E-state index in [2.05, 4.69) is 25.8 Å². The Bertz CT molecular complexity index is 601. The number of nitrogens with zero attached hydrogens (tertiary/aromatic N) is 3. The highest BCUT2D eigenvalue weighted by Crippen LogP contribution is 2.17. The van der Waals surface area contributed by atoms with E-state index in [9.17, 15) is 9.59 Å². The fourth-order valence-electron chi connectivity index (χ4n) is 1.27. The number of hydrogen-bond acceptors (Lipinski definition) is 7. The van der Waals surface area contributed by atoms with Crippen LogP contribution in [0.4, 0.5) is 10.9 Å². The Morgan fingerprint density at radius 1 is 1.24 bits per heavy atom. The van der Waals surface area contributed by atoms with Crippen molar-refractivity contribution in [2.24, 2.45) is 0 Å².